The summed E-state index contributed by atoms with van der Waals surface area (Å²) in [4.78, 5) is 22.2. The Morgan fingerprint density at radius 1 is 1.15 bits per heavy atom. The molecule has 0 fully saturated rings. The molecule has 0 bridgehead atoms. The summed E-state index contributed by atoms with van der Waals surface area (Å²) in [5.41, 5.74) is 5.45. The van der Waals surface area contributed by atoms with Gasteiger partial charge in [-0.2, -0.15) is 0 Å². The van der Waals surface area contributed by atoms with Crippen LogP contribution >= 0.6 is 0 Å². The van der Waals surface area contributed by atoms with Crippen molar-refractivity contribution in [1.82, 2.24) is 5.32 Å². The van der Waals surface area contributed by atoms with Crippen LogP contribution in [0, 0.1) is 0 Å². The second-order valence-electron chi connectivity index (χ2n) is 4.99. The predicted molar refractivity (Wildman–Crippen MR) is 77.8 cm³/mol. The van der Waals surface area contributed by atoms with Crippen LogP contribution in [0.25, 0.3) is 11.1 Å². The number of hydrogen-bond acceptors (Lipinski definition) is 2. The lowest BCUT2D eigenvalue weighted by Gasteiger charge is -2.07. The molecule has 0 saturated heterocycles. The van der Waals surface area contributed by atoms with Crippen molar-refractivity contribution in [3.8, 4) is 11.1 Å². The molecule has 20 heavy (non-hydrogen) atoms. The van der Waals surface area contributed by atoms with Gasteiger partial charge in [0.15, 0.2) is 0 Å². The van der Waals surface area contributed by atoms with Crippen LogP contribution in [0.5, 0.6) is 0 Å². The molecule has 0 radical (unpaired) electrons. The van der Waals surface area contributed by atoms with Crippen molar-refractivity contribution >= 4 is 12.2 Å². The minimum absolute atomic E-state index is 0.0446. The normalized spacial score (nSPS) is 15.3. The fourth-order valence-electron chi connectivity index (χ4n) is 2.83. The summed E-state index contributed by atoms with van der Waals surface area (Å²) >= 11 is 0. The van der Waals surface area contributed by atoms with Crippen LogP contribution in [-0.4, -0.2) is 18.7 Å². The highest BCUT2D eigenvalue weighted by Crippen LogP contribution is 2.44. The number of carbonyl (C=O) groups is 2. The van der Waals surface area contributed by atoms with E-state index in [4.69, 9.17) is 0 Å². The highest BCUT2D eigenvalue weighted by Gasteiger charge is 2.25. The van der Waals surface area contributed by atoms with E-state index in [-0.39, 0.29) is 12.5 Å². The minimum atomic E-state index is -0.211. The van der Waals surface area contributed by atoms with Gasteiger partial charge in [-0.3, -0.25) is 4.79 Å². The number of amides is 1. The van der Waals surface area contributed by atoms with Gasteiger partial charge >= 0.3 is 0 Å². The van der Waals surface area contributed by atoms with Crippen LogP contribution in [0.1, 0.15) is 34.3 Å². The molecule has 2 aromatic rings. The van der Waals surface area contributed by atoms with Crippen LogP contribution in [0.2, 0.25) is 0 Å². The average molecular weight is 265 g/mol. The smallest absolute Gasteiger partial charge is 0.251 e. The fraction of sp³-hybridized carbons (Fsp3) is 0.176. The molecular weight excluding hydrogens is 250 g/mol. The van der Waals surface area contributed by atoms with Crippen molar-refractivity contribution in [3.05, 3.63) is 59.2 Å². The van der Waals surface area contributed by atoms with Crippen LogP contribution in [0.4, 0.5) is 0 Å². The third-order valence-electron chi connectivity index (χ3n) is 3.85. The van der Waals surface area contributed by atoms with Gasteiger partial charge in [-0.15, -0.1) is 0 Å². The summed E-state index contributed by atoms with van der Waals surface area (Å²) in [5, 5.41) is 2.57. The molecule has 1 amide bonds. The summed E-state index contributed by atoms with van der Waals surface area (Å²) in [7, 11) is 0. The molecule has 1 atom stereocenters. The van der Waals surface area contributed by atoms with Gasteiger partial charge in [0.1, 0.15) is 6.29 Å². The molecule has 3 rings (SSSR count). The van der Waals surface area contributed by atoms with Gasteiger partial charge in [-0.25, -0.2) is 0 Å². The molecule has 1 unspecified atom stereocenters. The topological polar surface area (TPSA) is 46.2 Å². The van der Waals surface area contributed by atoms with E-state index in [0.717, 1.165) is 5.56 Å². The first-order valence-electron chi connectivity index (χ1n) is 6.67. The van der Waals surface area contributed by atoms with Crippen molar-refractivity contribution in [1.29, 1.82) is 0 Å². The first kappa shape index (κ1) is 12.6. The Kier molecular flexibility index (Phi) is 3.11. The Hall–Kier alpha value is -2.42. The van der Waals surface area contributed by atoms with Crippen LogP contribution in [-0.2, 0) is 4.79 Å². The average Bonchev–Trinajstić information content (AvgIpc) is 2.78. The van der Waals surface area contributed by atoms with E-state index in [1.54, 1.807) is 0 Å². The van der Waals surface area contributed by atoms with E-state index in [1.165, 1.54) is 16.7 Å². The van der Waals surface area contributed by atoms with Gasteiger partial charge < -0.3 is 10.1 Å². The number of rotatable bonds is 3. The summed E-state index contributed by atoms with van der Waals surface area (Å²) in [6.07, 6.45) is 0.683. The van der Waals surface area contributed by atoms with Crippen molar-refractivity contribution in [2.45, 2.75) is 12.8 Å². The highest BCUT2D eigenvalue weighted by molar-refractivity contribution is 5.97. The van der Waals surface area contributed by atoms with Crippen LogP contribution in [0.15, 0.2) is 42.5 Å². The zero-order valence-electron chi connectivity index (χ0n) is 11.2. The molecule has 0 aromatic heterocycles. The number of hydrogen-bond donors (Lipinski definition) is 1. The Morgan fingerprint density at radius 2 is 1.90 bits per heavy atom. The molecular formula is C17H15NO2. The lowest BCUT2D eigenvalue weighted by molar-refractivity contribution is -0.107. The summed E-state index contributed by atoms with van der Waals surface area (Å²) < 4.78 is 0. The third-order valence-corrected chi connectivity index (χ3v) is 3.85. The molecule has 0 heterocycles. The SMILES string of the molecule is CC1c2ccccc2-c2cc(C(=O)NCC=O)ccc21. The molecule has 0 spiro atoms. The second-order valence-corrected chi connectivity index (χ2v) is 4.99. The molecule has 3 nitrogen and oxygen atoms in total. The van der Waals surface area contributed by atoms with Gasteiger partial charge in [0.05, 0.1) is 6.54 Å². The van der Waals surface area contributed by atoms with E-state index >= 15 is 0 Å². The quantitative estimate of drug-likeness (QED) is 0.867. The molecule has 0 aliphatic heterocycles. The first-order chi connectivity index (χ1) is 9.72. The van der Waals surface area contributed by atoms with Gasteiger partial charge in [-0.05, 0) is 34.4 Å². The molecule has 1 N–H and O–H groups in total. The van der Waals surface area contributed by atoms with Crippen molar-refractivity contribution in [2.24, 2.45) is 0 Å². The first-order valence-corrected chi connectivity index (χ1v) is 6.67. The minimum Gasteiger partial charge on any atom is -0.345 e. The van der Waals surface area contributed by atoms with E-state index in [1.807, 2.05) is 30.3 Å². The van der Waals surface area contributed by atoms with E-state index in [2.05, 4.69) is 24.4 Å². The number of benzene rings is 2. The highest BCUT2D eigenvalue weighted by atomic mass is 16.2. The van der Waals surface area contributed by atoms with Crippen LogP contribution in [0.3, 0.4) is 0 Å². The molecule has 1 aliphatic rings. The van der Waals surface area contributed by atoms with Gasteiger partial charge in [-0.1, -0.05) is 37.3 Å². The summed E-state index contributed by atoms with van der Waals surface area (Å²) in [5.74, 6) is 0.144. The molecule has 2 aromatic carbocycles. The van der Waals surface area contributed by atoms with Crippen molar-refractivity contribution in [2.75, 3.05) is 6.54 Å². The standard InChI is InChI=1S/C17H15NO2/c1-11-13-4-2-3-5-15(13)16-10-12(6-7-14(11)16)17(20)18-8-9-19/h2-7,9-11H,8H2,1H3,(H,18,20). The number of fused-ring (bicyclic) bond motifs is 3. The molecule has 0 saturated carbocycles. The fourth-order valence-corrected chi connectivity index (χ4v) is 2.83. The van der Waals surface area contributed by atoms with Gasteiger partial charge in [0.25, 0.3) is 5.91 Å². The largest absolute Gasteiger partial charge is 0.345 e. The second kappa shape index (κ2) is 4.93. The zero-order chi connectivity index (χ0) is 14.1. The summed E-state index contributed by atoms with van der Waals surface area (Å²) in [6.45, 7) is 2.22. The van der Waals surface area contributed by atoms with Crippen LogP contribution < -0.4 is 5.32 Å². The van der Waals surface area contributed by atoms with E-state index in [9.17, 15) is 9.59 Å². The zero-order valence-corrected chi connectivity index (χ0v) is 11.2. The molecule has 1 aliphatic carbocycles. The van der Waals surface area contributed by atoms with E-state index in [0.29, 0.717) is 17.8 Å². The number of carbonyl (C=O) groups excluding carboxylic acids is 2. The predicted octanol–water partition coefficient (Wildman–Crippen LogP) is 2.75. The Balaban J connectivity index is 2.03. The molecule has 100 valence electrons. The Morgan fingerprint density at radius 3 is 2.70 bits per heavy atom. The molecule has 3 heteroatoms. The third kappa shape index (κ3) is 1.92. The van der Waals surface area contributed by atoms with Crippen molar-refractivity contribution < 1.29 is 9.59 Å². The monoisotopic (exact) mass is 265 g/mol. The maximum absolute atomic E-state index is 11.9. The lowest BCUT2D eigenvalue weighted by Crippen LogP contribution is -2.25. The number of nitrogens with one attached hydrogen (secondary N) is 1. The lowest BCUT2D eigenvalue weighted by atomic mass is 9.98. The maximum Gasteiger partial charge on any atom is 0.251 e. The Bertz CT molecular complexity index is 691. The van der Waals surface area contributed by atoms with Crippen molar-refractivity contribution in [3.63, 3.8) is 0 Å². The van der Waals surface area contributed by atoms with Gasteiger partial charge in [0.2, 0.25) is 0 Å². The maximum atomic E-state index is 11.9. The van der Waals surface area contributed by atoms with E-state index < -0.39 is 0 Å². The van der Waals surface area contributed by atoms with Gasteiger partial charge in [0, 0.05) is 11.5 Å². The summed E-state index contributed by atoms with van der Waals surface area (Å²) in [6, 6.07) is 14.0. The Labute approximate surface area is 117 Å². The number of aldehydes is 1.